The van der Waals surface area contributed by atoms with Gasteiger partial charge >= 0.3 is 0 Å². The second kappa shape index (κ2) is 10.3. The fourth-order valence-electron chi connectivity index (χ4n) is 3.13. The van der Waals surface area contributed by atoms with Crippen molar-refractivity contribution in [3.8, 4) is 23.0 Å². The van der Waals surface area contributed by atoms with Crippen LogP contribution in [0.15, 0.2) is 46.3 Å². The van der Waals surface area contributed by atoms with Gasteiger partial charge in [0.05, 0.1) is 20.0 Å². The first kappa shape index (κ1) is 23.8. The summed E-state index contributed by atoms with van der Waals surface area (Å²) in [6, 6.07) is 9.57. The number of nitrogen functional groups attached to an aromatic ring is 1. The summed E-state index contributed by atoms with van der Waals surface area (Å²) in [6.45, 7) is 0.133. The summed E-state index contributed by atoms with van der Waals surface area (Å²) in [6.07, 6.45) is 0. The summed E-state index contributed by atoms with van der Waals surface area (Å²) >= 11 is 0.977. The summed E-state index contributed by atoms with van der Waals surface area (Å²) in [5.74, 6) is 0.787. The van der Waals surface area contributed by atoms with Gasteiger partial charge in [-0.3, -0.25) is 19.4 Å². The lowest BCUT2D eigenvalue weighted by Crippen LogP contribution is -2.23. The Morgan fingerprint density at radius 2 is 1.86 bits per heavy atom. The van der Waals surface area contributed by atoms with Crippen molar-refractivity contribution in [2.75, 3.05) is 43.1 Å². The third kappa shape index (κ3) is 5.41. The quantitative estimate of drug-likeness (QED) is 0.266. The van der Waals surface area contributed by atoms with Gasteiger partial charge in [0.15, 0.2) is 34.0 Å². The van der Waals surface area contributed by atoms with E-state index in [4.69, 9.17) is 24.7 Å². The van der Waals surface area contributed by atoms with Gasteiger partial charge in [-0.15, -0.1) is 0 Å². The molecule has 0 aliphatic carbocycles. The standard InChI is InChI=1S/C22H21N5O7S/c1-31-13-5-3-11(7-15(13)32-2)20(29)25-18-19(23)26-22(27-21(18)30)35-9-17(28)24-12-4-6-14-16(8-12)34-10-33-14/h3-8H,9-10H2,1-2H3,(H,24,28)(H,25,29)(H3,23,26,27,30). The van der Waals surface area contributed by atoms with Gasteiger partial charge in [-0.2, -0.15) is 0 Å². The van der Waals surface area contributed by atoms with Crippen LogP contribution >= 0.6 is 11.8 Å². The van der Waals surface area contributed by atoms with Crippen LogP contribution in [0.5, 0.6) is 23.0 Å². The third-order valence-corrected chi connectivity index (χ3v) is 5.68. The summed E-state index contributed by atoms with van der Waals surface area (Å²) in [4.78, 5) is 44.0. The van der Waals surface area contributed by atoms with E-state index in [0.29, 0.717) is 28.7 Å². The first-order chi connectivity index (χ1) is 16.9. The van der Waals surface area contributed by atoms with Crippen molar-refractivity contribution in [1.29, 1.82) is 0 Å². The van der Waals surface area contributed by atoms with E-state index in [1.807, 2.05) is 0 Å². The normalized spacial score (nSPS) is 11.6. The molecule has 0 unspecified atom stereocenters. The number of nitrogens with zero attached hydrogens (tertiary/aromatic N) is 1. The molecule has 0 saturated heterocycles. The first-order valence-corrected chi connectivity index (χ1v) is 11.1. The number of ether oxygens (including phenoxy) is 4. The number of carbonyl (C=O) groups is 2. The van der Waals surface area contributed by atoms with Crippen LogP contribution in [0.25, 0.3) is 0 Å². The van der Waals surface area contributed by atoms with Gasteiger partial charge in [-0.25, -0.2) is 4.98 Å². The zero-order valence-electron chi connectivity index (χ0n) is 18.7. The summed E-state index contributed by atoms with van der Waals surface area (Å²) < 4.78 is 20.9. The number of nitrogens with two attached hydrogens (primary N) is 1. The molecule has 1 aliphatic heterocycles. The van der Waals surface area contributed by atoms with Crippen molar-refractivity contribution in [3.63, 3.8) is 0 Å². The van der Waals surface area contributed by atoms with E-state index < -0.39 is 11.5 Å². The number of rotatable bonds is 8. The largest absolute Gasteiger partial charge is 0.493 e. The van der Waals surface area contributed by atoms with Gasteiger partial charge in [0.2, 0.25) is 12.7 Å². The number of anilines is 3. The summed E-state index contributed by atoms with van der Waals surface area (Å²) in [5, 5.41) is 5.30. The van der Waals surface area contributed by atoms with Crippen molar-refractivity contribution in [1.82, 2.24) is 9.97 Å². The number of thioether (sulfide) groups is 1. The highest BCUT2D eigenvalue weighted by atomic mass is 32.2. The van der Waals surface area contributed by atoms with Gasteiger partial charge in [0.1, 0.15) is 5.69 Å². The molecule has 0 bridgehead atoms. The minimum Gasteiger partial charge on any atom is -0.493 e. The average molecular weight is 500 g/mol. The van der Waals surface area contributed by atoms with E-state index in [2.05, 4.69) is 20.6 Å². The molecule has 1 aromatic heterocycles. The summed E-state index contributed by atoms with van der Waals surface area (Å²) in [7, 11) is 2.92. The number of aromatic nitrogens is 2. The molecule has 0 atom stereocenters. The molecule has 2 amide bonds. The van der Waals surface area contributed by atoms with Crippen LogP contribution in [0.1, 0.15) is 10.4 Å². The van der Waals surface area contributed by atoms with E-state index in [1.165, 1.54) is 26.4 Å². The monoisotopic (exact) mass is 499 g/mol. The molecule has 5 N–H and O–H groups in total. The van der Waals surface area contributed by atoms with E-state index in [9.17, 15) is 14.4 Å². The topological polar surface area (TPSA) is 167 Å². The predicted molar refractivity (Wildman–Crippen MR) is 129 cm³/mol. The molecule has 1 aliphatic rings. The van der Waals surface area contributed by atoms with E-state index in [-0.39, 0.29) is 40.7 Å². The van der Waals surface area contributed by atoms with Crippen LogP contribution in [0, 0.1) is 0 Å². The van der Waals surface area contributed by atoms with Gasteiger partial charge in [-0.05, 0) is 30.3 Å². The molecular weight excluding hydrogens is 478 g/mol. The van der Waals surface area contributed by atoms with Gasteiger partial charge in [-0.1, -0.05) is 11.8 Å². The molecule has 182 valence electrons. The number of hydrogen-bond acceptors (Lipinski definition) is 10. The van der Waals surface area contributed by atoms with Crippen molar-refractivity contribution in [3.05, 3.63) is 52.3 Å². The maximum Gasteiger partial charge on any atom is 0.277 e. The Labute approximate surface area is 203 Å². The van der Waals surface area contributed by atoms with Crippen LogP contribution in [0.3, 0.4) is 0 Å². The number of benzene rings is 2. The van der Waals surface area contributed by atoms with Crippen molar-refractivity contribution in [2.24, 2.45) is 0 Å². The van der Waals surface area contributed by atoms with Crippen LogP contribution in [0.2, 0.25) is 0 Å². The molecule has 0 radical (unpaired) electrons. The second-order valence-electron chi connectivity index (χ2n) is 7.06. The first-order valence-electron chi connectivity index (χ1n) is 10.1. The molecule has 4 rings (SSSR count). The van der Waals surface area contributed by atoms with Crippen molar-refractivity contribution >= 4 is 40.8 Å². The molecule has 35 heavy (non-hydrogen) atoms. The number of methoxy groups -OCH3 is 2. The average Bonchev–Trinajstić information content (AvgIpc) is 3.32. The van der Waals surface area contributed by atoms with E-state index in [0.717, 1.165) is 11.8 Å². The van der Waals surface area contributed by atoms with E-state index in [1.54, 1.807) is 24.3 Å². The highest BCUT2D eigenvalue weighted by molar-refractivity contribution is 7.99. The van der Waals surface area contributed by atoms with Crippen LogP contribution in [0.4, 0.5) is 17.2 Å². The van der Waals surface area contributed by atoms with Gasteiger partial charge in [0.25, 0.3) is 11.5 Å². The Kier molecular flexibility index (Phi) is 6.96. The molecule has 3 aromatic rings. The van der Waals surface area contributed by atoms with Crippen molar-refractivity contribution < 1.29 is 28.5 Å². The minimum atomic E-state index is -0.662. The van der Waals surface area contributed by atoms with Gasteiger partial charge in [0, 0.05) is 17.3 Å². The molecule has 13 heteroatoms. The smallest absolute Gasteiger partial charge is 0.277 e. The number of aromatic amines is 1. The maximum atomic E-state index is 12.6. The Bertz CT molecular complexity index is 1340. The number of fused-ring (bicyclic) bond motifs is 1. The molecule has 2 heterocycles. The molecular formula is C22H21N5O7S. The zero-order valence-corrected chi connectivity index (χ0v) is 19.5. The van der Waals surface area contributed by atoms with Crippen molar-refractivity contribution in [2.45, 2.75) is 5.16 Å². The SMILES string of the molecule is COc1ccc(C(=O)Nc2c(N)nc(SCC(=O)Nc3ccc4c(c3)OCO4)[nH]c2=O)cc1OC. The summed E-state index contributed by atoms with van der Waals surface area (Å²) in [5.41, 5.74) is 5.79. The highest BCUT2D eigenvalue weighted by Crippen LogP contribution is 2.34. The molecule has 0 saturated carbocycles. The molecule has 0 fully saturated rings. The van der Waals surface area contributed by atoms with Gasteiger partial charge < -0.3 is 35.3 Å². The second-order valence-corrected chi connectivity index (χ2v) is 8.02. The Hall–Kier alpha value is -4.39. The number of nitrogens with one attached hydrogen (secondary N) is 3. The van der Waals surface area contributed by atoms with Crippen LogP contribution < -0.4 is 40.9 Å². The molecule has 0 spiro atoms. The molecule has 2 aromatic carbocycles. The Balaban J connectivity index is 1.39. The minimum absolute atomic E-state index is 0.0474. The predicted octanol–water partition coefficient (Wildman–Crippen LogP) is 2.08. The Morgan fingerprint density at radius 1 is 1.09 bits per heavy atom. The van der Waals surface area contributed by atoms with Crippen LogP contribution in [-0.4, -0.2) is 48.5 Å². The lowest BCUT2D eigenvalue weighted by Gasteiger charge is -2.11. The fourth-order valence-corrected chi connectivity index (χ4v) is 3.79. The Morgan fingerprint density at radius 3 is 2.60 bits per heavy atom. The molecule has 12 nitrogen and oxygen atoms in total. The zero-order chi connectivity index (χ0) is 24.9. The maximum absolute atomic E-state index is 12.6. The van der Waals surface area contributed by atoms with E-state index >= 15 is 0 Å². The number of H-pyrrole nitrogens is 1. The number of amides is 2. The van der Waals surface area contributed by atoms with Crippen LogP contribution in [-0.2, 0) is 4.79 Å². The third-order valence-electron chi connectivity index (χ3n) is 4.81. The number of carbonyl (C=O) groups excluding carboxylic acids is 2. The number of hydrogen-bond donors (Lipinski definition) is 4. The lowest BCUT2D eigenvalue weighted by atomic mass is 10.2. The lowest BCUT2D eigenvalue weighted by molar-refractivity contribution is -0.113. The fraction of sp³-hybridized carbons (Fsp3) is 0.182. The highest BCUT2D eigenvalue weighted by Gasteiger charge is 2.17.